The summed E-state index contributed by atoms with van der Waals surface area (Å²) in [5.41, 5.74) is 5.93. The minimum absolute atomic E-state index is 0.250. The van der Waals surface area contributed by atoms with E-state index < -0.39 is 0 Å². The van der Waals surface area contributed by atoms with Crippen LogP contribution in [0.4, 0.5) is 5.82 Å². The Labute approximate surface area is 105 Å². The van der Waals surface area contributed by atoms with Gasteiger partial charge in [0, 0.05) is 12.4 Å². The number of aromatic nitrogens is 3. The highest BCUT2D eigenvalue weighted by molar-refractivity contribution is 9.10. The zero-order valence-electron chi connectivity index (χ0n) is 7.85. The van der Waals surface area contributed by atoms with E-state index in [9.17, 15) is 0 Å². The van der Waals surface area contributed by atoms with Gasteiger partial charge in [0.1, 0.15) is 11.1 Å². The minimum Gasteiger partial charge on any atom is -0.381 e. The van der Waals surface area contributed by atoms with Gasteiger partial charge in [-0.2, -0.15) is 5.26 Å². The van der Waals surface area contributed by atoms with E-state index in [-0.39, 0.29) is 5.02 Å². The topological polar surface area (TPSA) is 80.5 Å². The lowest BCUT2D eigenvalue weighted by molar-refractivity contribution is 0.851. The Hall–Kier alpha value is -1.58. The smallest absolute Gasteiger partial charge is 0.173 e. The molecule has 0 saturated carbocycles. The third kappa shape index (κ3) is 1.75. The fourth-order valence-corrected chi connectivity index (χ4v) is 1.67. The molecule has 2 heterocycles. The van der Waals surface area contributed by atoms with Crippen LogP contribution < -0.4 is 5.73 Å². The van der Waals surface area contributed by atoms with E-state index in [2.05, 4.69) is 26.0 Å². The maximum atomic E-state index is 8.82. The van der Waals surface area contributed by atoms with Gasteiger partial charge in [-0.3, -0.25) is 0 Å². The molecule has 0 radical (unpaired) electrons. The van der Waals surface area contributed by atoms with Crippen LogP contribution >= 0.6 is 27.5 Å². The summed E-state index contributed by atoms with van der Waals surface area (Å²) in [4.78, 5) is 4.05. The molecule has 5 nitrogen and oxygen atoms in total. The highest BCUT2D eigenvalue weighted by Crippen LogP contribution is 2.24. The van der Waals surface area contributed by atoms with Crippen LogP contribution in [0.1, 0.15) is 5.56 Å². The molecular weight excluding hydrogens is 293 g/mol. The fraction of sp³-hybridized carbons (Fsp3) is 0. The van der Waals surface area contributed by atoms with Crippen molar-refractivity contribution >= 4 is 33.3 Å². The lowest BCUT2D eigenvalue weighted by atomic mass is 10.3. The first kappa shape index (κ1) is 10.9. The predicted molar refractivity (Wildman–Crippen MR) is 63.2 cm³/mol. The first-order chi connectivity index (χ1) is 7.63. The third-order valence-corrected chi connectivity index (χ3v) is 2.89. The Kier molecular flexibility index (Phi) is 2.81. The van der Waals surface area contributed by atoms with Gasteiger partial charge in [0.25, 0.3) is 0 Å². The Balaban J connectivity index is 2.61. The van der Waals surface area contributed by atoms with E-state index in [1.807, 2.05) is 6.07 Å². The minimum atomic E-state index is 0.250. The molecule has 0 aliphatic heterocycles. The summed E-state index contributed by atoms with van der Waals surface area (Å²) >= 11 is 9.23. The quantitative estimate of drug-likeness (QED) is 0.874. The van der Waals surface area contributed by atoms with Crippen molar-refractivity contribution in [2.45, 2.75) is 0 Å². The Morgan fingerprint density at radius 2 is 2.31 bits per heavy atom. The number of hydrogen-bond donors (Lipinski definition) is 1. The molecule has 0 spiro atoms. The summed E-state index contributed by atoms with van der Waals surface area (Å²) in [7, 11) is 0. The van der Waals surface area contributed by atoms with Crippen LogP contribution in [-0.2, 0) is 0 Å². The van der Waals surface area contributed by atoms with Gasteiger partial charge >= 0.3 is 0 Å². The number of pyridine rings is 1. The number of anilines is 1. The van der Waals surface area contributed by atoms with E-state index in [0.717, 1.165) is 0 Å². The largest absolute Gasteiger partial charge is 0.381 e. The molecule has 2 aromatic rings. The second-order valence-corrected chi connectivity index (χ2v) is 4.15. The first-order valence-electron chi connectivity index (χ1n) is 4.19. The van der Waals surface area contributed by atoms with E-state index in [1.54, 1.807) is 6.20 Å². The molecule has 80 valence electrons. The maximum absolute atomic E-state index is 8.82. The molecule has 0 atom stereocenters. The Morgan fingerprint density at radius 3 is 2.88 bits per heavy atom. The van der Waals surface area contributed by atoms with E-state index in [0.29, 0.717) is 21.7 Å². The van der Waals surface area contributed by atoms with Gasteiger partial charge in [-0.05, 0) is 22.0 Å². The summed E-state index contributed by atoms with van der Waals surface area (Å²) in [6.45, 7) is 0. The van der Waals surface area contributed by atoms with Gasteiger partial charge in [-0.15, -0.1) is 5.10 Å². The molecule has 0 aromatic carbocycles. The molecule has 0 bridgehead atoms. The number of rotatable bonds is 1. The van der Waals surface area contributed by atoms with Gasteiger partial charge in [0.15, 0.2) is 11.6 Å². The zero-order chi connectivity index (χ0) is 11.7. The highest BCUT2D eigenvalue weighted by atomic mass is 79.9. The van der Waals surface area contributed by atoms with Crippen molar-refractivity contribution in [3.05, 3.63) is 33.5 Å². The van der Waals surface area contributed by atoms with Gasteiger partial charge in [0.05, 0.1) is 10.0 Å². The SMILES string of the molecule is N#Cc1ccnc(-n2cc(Br)c(N)n2)c1Cl. The number of nitriles is 1. The van der Waals surface area contributed by atoms with Gasteiger partial charge < -0.3 is 5.73 Å². The summed E-state index contributed by atoms with van der Waals surface area (Å²) in [5, 5.41) is 13.1. The molecule has 0 amide bonds. The number of halogens is 2. The van der Waals surface area contributed by atoms with Crippen LogP contribution in [0.2, 0.25) is 5.02 Å². The van der Waals surface area contributed by atoms with Crippen molar-refractivity contribution in [1.29, 1.82) is 5.26 Å². The molecule has 0 aliphatic carbocycles. The molecule has 0 unspecified atom stereocenters. The van der Waals surface area contributed by atoms with Crippen molar-refractivity contribution in [3.63, 3.8) is 0 Å². The van der Waals surface area contributed by atoms with Crippen LogP contribution in [0.3, 0.4) is 0 Å². The van der Waals surface area contributed by atoms with E-state index >= 15 is 0 Å². The number of hydrogen-bond acceptors (Lipinski definition) is 4. The molecule has 7 heteroatoms. The van der Waals surface area contributed by atoms with Crippen molar-refractivity contribution in [2.75, 3.05) is 5.73 Å². The average molecular weight is 299 g/mol. The van der Waals surface area contributed by atoms with Gasteiger partial charge in [-0.1, -0.05) is 11.6 Å². The maximum Gasteiger partial charge on any atom is 0.173 e. The van der Waals surface area contributed by atoms with E-state index in [4.69, 9.17) is 22.6 Å². The highest BCUT2D eigenvalue weighted by Gasteiger charge is 2.11. The van der Waals surface area contributed by atoms with Crippen LogP contribution in [0.15, 0.2) is 22.9 Å². The van der Waals surface area contributed by atoms with Crippen molar-refractivity contribution < 1.29 is 0 Å². The summed E-state index contributed by atoms with van der Waals surface area (Å²) in [5.74, 6) is 0.707. The van der Waals surface area contributed by atoms with Crippen LogP contribution in [0, 0.1) is 11.3 Å². The summed E-state index contributed by atoms with van der Waals surface area (Å²) in [6.07, 6.45) is 3.12. The molecule has 16 heavy (non-hydrogen) atoms. The molecule has 0 fully saturated rings. The Bertz CT molecular complexity index is 567. The van der Waals surface area contributed by atoms with Crippen molar-refractivity contribution in [2.24, 2.45) is 0 Å². The third-order valence-electron chi connectivity index (χ3n) is 1.90. The van der Waals surface area contributed by atoms with Gasteiger partial charge in [0.2, 0.25) is 0 Å². The Morgan fingerprint density at radius 1 is 1.56 bits per heavy atom. The van der Waals surface area contributed by atoms with Crippen molar-refractivity contribution in [1.82, 2.24) is 14.8 Å². The average Bonchev–Trinajstić information content (AvgIpc) is 2.59. The molecule has 2 N–H and O–H groups in total. The predicted octanol–water partition coefficient (Wildman–Crippen LogP) is 2.14. The second kappa shape index (κ2) is 4.12. The lowest BCUT2D eigenvalue weighted by Gasteiger charge is -2.03. The molecule has 2 rings (SSSR count). The molecule has 2 aromatic heterocycles. The van der Waals surface area contributed by atoms with Crippen LogP contribution in [0.25, 0.3) is 5.82 Å². The molecule has 0 saturated heterocycles. The standard InChI is InChI=1S/C9H5BrClN5/c10-6-4-16(15-8(6)13)9-7(11)5(3-12)1-2-14-9/h1-2,4H,(H2,13,15). The normalized spacial score (nSPS) is 10.1. The van der Waals surface area contributed by atoms with E-state index in [1.165, 1.54) is 16.9 Å². The zero-order valence-corrected chi connectivity index (χ0v) is 10.2. The number of nitrogens with two attached hydrogens (primary N) is 1. The number of nitrogen functional groups attached to an aromatic ring is 1. The summed E-state index contributed by atoms with van der Waals surface area (Å²) in [6, 6.07) is 3.51. The monoisotopic (exact) mass is 297 g/mol. The molecular formula is C9H5BrClN5. The van der Waals surface area contributed by atoms with Crippen LogP contribution in [-0.4, -0.2) is 14.8 Å². The second-order valence-electron chi connectivity index (χ2n) is 2.91. The van der Waals surface area contributed by atoms with Crippen LogP contribution in [0.5, 0.6) is 0 Å². The number of nitrogens with zero attached hydrogens (tertiary/aromatic N) is 4. The van der Waals surface area contributed by atoms with Gasteiger partial charge in [-0.25, -0.2) is 9.67 Å². The first-order valence-corrected chi connectivity index (χ1v) is 5.36. The molecule has 0 aliphatic rings. The lowest BCUT2D eigenvalue weighted by Crippen LogP contribution is -2.01. The summed E-state index contributed by atoms with van der Waals surface area (Å²) < 4.78 is 2.07. The van der Waals surface area contributed by atoms with Crippen molar-refractivity contribution in [3.8, 4) is 11.9 Å². The fourth-order valence-electron chi connectivity index (χ4n) is 1.15.